The van der Waals surface area contributed by atoms with E-state index in [1.807, 2.05) is 42.5 Å². The lowest BCUT2D eigenvalue weighted by molar-refractivity contribution is 0.373. The quantitative estimate of drug-likeness (QED) is 0.248. The summed E-state index contributed by atoms with van der Waals surface area (Å²) in [5.74, 6) is 0.0988. The summed E-state index contributed by atoms with van der Waals surface area (Å²) in [6.07, 6.45) is 0.650. The third-order valence-corrected chi connectivity index (χ3v) is 6.00. The molecule has 8 nitrogen and oxygen atoms in total. The summed E-state index contributed by atoms with van der Waals surface area (Å²) >= 11 is 0. The van der Waals surface area contributed by atoms with Crippen LogP contribution in [-0.2, 0) is 6.42 Å². The van der Waals surface area contributed by atoms with Gasteiger partial charge in [-0.2, -0.15) is 0 Å². The van der Waals surface area contributed by atoms with Crippen LogP contribution in [0.2, 0.25) is 0 Å². The van der Waals surface area contributed by atoms with Crippen molar-refractivity contribution in [2.24, 2.45) is 0 Å². The summed E-state index contributed by atoms with van der Waals surface area (Å²) in [5, 5.41) is 31.4. The Morgan fingerprint density at radius 3 is 2.43 bits per heavy atom. The molecule has 2 heterocycles. The van der Waals surface area contributed by atoms with Gasteiger partial charge in [0.1, 0.15) is 28.7 Å². The van der Waals surface area contributed by atoms with Gasteiger partial charge in [0.2, 0.25) is 11.2 Å². The first-order valence-electron chi connectivity index (χ1n) is 11.5. The van der Waals surface area contributed by atoms with E-state index in [1.54, 1.807) is 25.1 Å². The molecule has 0 amide bonds. The molecule has 8 heteroatoms. The summed E-state index contributed by atoms with van der Waals surface area (Å²) in [4.78, 5) is 20.2. The van der Waals surface area contributed by atoms with Gasteiger partial charge in [-0.15, -0.1) is 0 Å². The molecule has 186 valence electrons. The van der Waals surface area contributed by atoms with E-state index in [-0.39, 0.29) is 28.7 Å². The van der Waals surface area contributed by atoms with Crippen molar-refractivity contribution in [1.29, 1.82) is 0 Å². The first-order chi connectivity index (χ1) is 17.8. The van der Waals surface area contributed by atoms with Gasteiger partial charge < -0.3 is 29.5 Å². The standard InChI is InChI=1S/C29H24N2O6/c1-16-12-23(34)27(35)28(37-16)26-25(19-9-11-22(33)24(15-19)36-2)30-29(31-26)20-14-18(8-10-21(20)32)13-17-6-4-3-5-7-17/h3-12,14-15,32-33,35H,13H2,1-2H3,(H,30,31). The number of hydrogen-bond donors (Lipinski definition) is 4. The van der Waals surface area contributed by atoms with E-state index in [9.17, 15) is 20.1 Å². The molecule has 0 bridgehead atoms. The number of phenols is 2. The van der Waals surface area contributed by atoms with Crippen LogP contribution in [0.5, 0.6) is 23.0 Å². The highest BCUT2D eigenvalue weighted by molar-refractivity contribution is 5.83. The Labute approximate surface area is 212 Å². The molecule has 0 saturated heterocycles. The Bertz CT molecular complexity index is 1650. The molecule has 0 saturated carbocycles. The van der Waals surface area contributed by atoms with Crippen molar-refractivity contribution in [2.75, 3.05) is 7.11 Å². The van der Waals surface area contributed by atoms with E-state index in [0.717, 1.165) is 11.1 Å². The zero-order valence-corrected chi connectivity index (χ0v) is 20.1. The van der Waals surface area contributed by atoms with Crippen molar-refractivity contribution in [3.05, 3.63) is 99.9 Å². The third-order valence-electron chi connectivity index (χ3n) is 6.00. The maximum Gasteiger partial charge on any atom is 0.227 e. The predicted octanol–water partition coefficient (Wildman–Crippen LogP) is 5.39. The number of aromatic nitrogens is 2. The number of aryl methyl sites for hydroxylation is 1. The van der Waals surface area contributed by atoms with Crippen LogP contribution in [0.4, 0.5) is 0 Å². The normalized spacial score (nSPS) is 11.0. The topological polar surface area (TPSA) is 129 Å². The number of aromatic hydroxyl groups is 3. The van der Waals surface area contributed by atoms with Crippen LogP contribution in [0.1, 0.15) is 16.9 Å². The number of H-pyrrole nitrogens is 1. The summed E-state index contributed by atoms with van der Waals surface area (Å²) in [5.41, 5.74) is 2.98. The van der Waals surface area contributed by atoms with Crippen molar-refractivity contribution in [2.45, 2.75) is 13.3 Å². The highest BCUT2D eigenvalue weighted by atomic mass is 16.5. The van der Waals surface area contributed by atoms with Gasteiger partial charge in [-0.3, -0.25) is 4.79 Å². The van der Waals surface area contributed by atoms with Crippen LogP contribution in [0.25, 0.3) is 34.1 Å². The SMILES string of the molecule is COc1cc(-c2nc(-c3cc(Cc4ccccc4)ccc3O)[nH]c2-c2oc(C)cc(=O)c2O)ccc1O. The number of benzene rings is 3. The largest absolute Gasteiger partial charge is 0.507 e. The summed E-state index contributed by atoms with van der Waals surface area (Å²) < 4.78 is 11.0. The average molecular weight is 497 g/mol. The number of nitrogens with one attached hydrogen (secondary N) is 1. The predicted molar refractivity (Wildman–Crippen MR) is 139 cm³/mol. The third kappa shape index (κ3) is 4.64. The van der Waals surface area contributed by atoms with E-state index < -0.39 is 11.2 Å². The molecule has 0 unspecified atom stereocenters. The second-order valence-electron chi connectivity index (χ2n) is 8.61. The number of nitrogens with zero attached hydrogens (tertiary/aromatic N) is 1. The molecule has 0 atom stereocenters. The lowest BCUT2D eigenvalue weighted by Gasteiger charge is -2.08. The minimum Gasteiger partial charge on any atom is -0.507 e. The van der Waals surface area contributed by atoms with Gasteiger partial charge in [-0.25, -0.2) is 4.98 Å². The Morgan fingerprint density at radius 1 is 0.919 bits per heavy atom. The van der Waals surface area contributed by atoms with E-state index >= 15 is 0 Å². The van der Waals surface area contributed by atoms with E-state index in [4.69, 9.17) is 14.1 Å². The molecule has 3 aromatic carbocycles. The van der Waals surface area contributed by atoms with Gasteiger partial charge in [0.05, 0.1) is 12.7 Å². The van der Waals surface area contributed by atoms with Crippen LogP contribution in [0.3, 0.4) is 0 Å². The molecule has 5 rings (SSSR count). The lowest BCUT2D eigenvalue weighted by Crippen LogP contribution is -2.01. The number of phenolic OH excluding ortho intramolecular Hbond substituents is 2. The second kappa shape index (κ2) is 9.58. The Hall–Kier alpha value is -4.98. The molecule has 0 aliphatic carbocycles. The maximum absolute atomic E-state index is 12.3. The molecular formula is C29H24N2O6. The number of methoxy groups -OCH3 is 1. The van der Waals surface area contributed by atoms with Crippen LogP contribution < -0.4 is 10.2 Å². The second-order valence-corrected chi connectivity index (χ2v) is 8.61. The summed E-state index contributed by atoms with van der Waals surface area (Å²) in [6, 6.07) is 21.1. The van der Waals surface area contributed by atoms with Crippen LogP contribution in [0, 0.1) is 6.92 Å². The van der Waals surface area contributed by atoms with Gasteiger partial charge >= 0.3 is 0 Å². The summed E-state index contributed by atoms with van der Waals surface area (Å²) in [6.45, 7) is 1.60. The van der Waals surface area contributed by atoms with Gasteiger partial charge in [0.15, 0.2) is 17.3 Å². The smallest absolute Gasteiger partial charge is 0.227 e. The molecule has 0 spiro atoms. The minimum absolute atomic E-state index is 0.00173. The molecule has 0 aliphatic rings. The zero-order chi connectivity index (χ0) is 26.1. The number of ether oxygens (including phenoxy) is 1. The van der Waals surface area contributed by atoms with Crippen molar-refractivity contribution in [3.63, 3.8) is 0 Å². The van der Waals surface area contributed by atoms with E-state index in [2.05, 4.69) is 4.98 Å². The van der Waals surface area contributed by atoms with Crippen molar-refractivity contribution >= 4 is 0 Å². The van der Waals surface area contributed by atoms with Crippen molar-refractivity contribution < 1.29 is 24.5 Å². The maximum atomic E-state index is 12.3. The monoisotopic (exact) mass is 496 g/mol. The van der Waals surface area contributed by atoms with E-state index in [0.29, 0.717) is 34.8 Å². The molecule has 37 heavy (non-hydrogen) atoms. The van der Waals surface area contributed by atoms with Crippen molar-refractivity contribution in [1.82, 2.24) is 9.97 Å². The molecule has 0 aliphatic heterocycles. The van der Waals surface area contributed by atoms with Gasteiger partial charge in [0, 0.05) is 11.6 Å². The Morgan fingerprint density at radius 2 is 1.68 bits per heavy atom. The highest BCUT2D eigenvalue weighted by Crippen LogP contribution is 2.40. The Kier molecular flexibility index (Phi) is 6.15. The van der Waals surface area contributed by atoms with Crippen molar-refractivity contribution in [3.8, 4) is 57.1 Å². The Balaban J connectivity index is 1.70. The number of rotatable bonds is 6. The van der Waals surface area contributed by atoms with Gasteiger partial charge in [-0.1, -0.05) is 36.4 Å². The minimum atomic E-state index is -0.600. The van der Waals surface area contributed by atoms with Crippen LogP contribution in [-0.4, -0.2) is 32.4 Å². The first kappa shape index (κ1) is 23.7. The molecule has 5 aromatic rings. The average Bonchev–Trinajstić information content (AvgIpc) is 3.33. The van der Waals surface area contributed by atoms with Gasteiger partial charge in [-0.05, 0) is 54.8 Å². The zero-order valence-electron chi connectivity index (χ0n) is 20.1. The molecule has 4 N–H and O–H groups in total. The number of aromatic amines is 1. The number of hydrogen-bond acceptors (Lipinski definition) is 7. The fourth-order valence-corrected chi connectivity index (χ4v) is 4.19. The van der Waals surface area contributed by atoms with Crippen LogP contribution >= 0.6 is 0 Å². The fourth-order valence-electron chi connectivity index (χ4n) is 4.19. The lowest BCUT2D eigenvalue weighted by atomic mass is 10.0. The van der Waals surface area contributed by atoms with Gasteiger partial charge in [0.25, 0.3) is 0 Å². The fraction of sp³-hybridized carbons (Fsp3) is 0.103. The summed E-state index contributed by atoms with van der Waals surface area (Å²) in [7, 11) is 1.43. The highest BCUT2D eigenvalue weighted by Gasteiger charge is 2.23. The molecule has 2 aromatic heterocycles. The van der Waals surface area contributed by atoms with E-state index in [1.165, 1.54) is 19.2 Å². The molecule has 0 fully saturated rings. The van der Waals surface area contributed by atoms with Crippen LogP contribution in [0.15, 0.2) is 82.0 Å². The molecular weight excluding hydrogens is 472 g/mol. The first-order valence-corrected chi connectivity index (χ1v) is 11.5. The molecule has 0 radical (unpaired) electrons. The number of imidazole rings is 1.